The maximum atomic E-state index is 13.2. The second kappa shape index (κ2) is 15.0. The molecule has 2 aliphatic heterocycles. The summed E-state index contributed by atoms with van der Waals surface area (Å²) in [5.41, 5.74) is 1.83. The maximum Gasteiger partial charge on any atom is 0.410 e. The second-order valence-corrected chi connectivity index (χ2v) is 12.6. The summed E-state index contributed by atoms with van der Waals surface area (Å²) in [4.78, 5) is 28.3. The lowest BCUT2D eigenvalue weighted by Gasteiger charge is -2.29. The number of hydrogen-bond acceptors (Lipinski definition) is 12. The number of aliphatic hydroxyl groups excluding tert-OH is 1. The molecule has 2 bridgehead atoms. The minimum absolute atomic E-state index is 0.116. The third-order valence-corrected chi connectivity index (χ3v) is 7.67. The molecule has 0 aliphatic carbocycles. The highest BCUT2D eigenvalue weighted by atomic mass is 16.7. The molecule has 3 aromatic rings. The SMILES string of the molecule is CN(CCO)CCCOc1cc2ncnc3c2cc1OCCCN(C(=O)OC(C)(C)C)CCN(C)Cc1ccc2c(c1N3)OCO2. The third-order valence-electron chi connectivity index (χ3n) is 7.67. The average molecular weight is 639 g/mol. The van der Waals surface area contributed by atoms with E-state index in [4.69, 9.17) is 23.7 Å². The van der Waals surface area contributed by atoms with Gasteiger partial charge in [0, 0.05) is 50.7 Å². The van der Waals surface area contributed by atoms with E-state index in [1.807, 2.05) is 59.1 Å². The monoisotopic (exact) mass is 638 g/mol. The number of anilines is 2. The summed E-state index contributed by atoms with van der Waals surface area (Å²) in [5, 5.41) is 13.5. The molecular weight excluding hydrogens is 592 g/mol. The highest BCUT2D eigenvalue weighted by Gasteiger charge is 2.25. The zero-order valence-electron chi connectivity index (χ0n) is 27.5. The van der Waals surface area contributed by atoms with Gasteiger partial charge in [0.1, 0.15) is 17.7 Å². The van der Waals surface area contributed by atoms with Gasteiger partial charge in [-0.3, -0.25) is 0 Å². The Morgan fingerprint density at radius 2 is 1.93 bits per heavy atom. The van der Waals surface area contributed by atoms with Crippen LogP contribution < -0.4 is 24.3 Å². The van der Waals surface area contributed by atoms with E-state index >= 15 is 0 Å². The zero-order valence-corrected chi connectivity index (χ0v) is 27.5. The Hall–Kier alpha value is -4.07. The van der Waals surface area contributed by atoms with Gasteiger partial charge in [-0.2, -0.15) is 0 Å². The van der Waals surface area contributed by atoms with Crippen molar-refractivity contribution in [3.05, 3.63) is 36.2 Å². The number of carbonyl (C=O) groups is 1. The van der Waals surface area contributed by atoms with Crippen LogP contribution in [0.1, 0.15) is 39.2 Å². The van der Waals surface area contributed by atoms with E-state index in [-0.39, 0.29) is 19.5 Å². The van der Waals surface area contributed by atoms with E-state index in [0.717, 1.165) is 29.6 Å². The number of amides is 1. The van der Waals surface area contributed by atoms with Crippen molar-refractivity contribution >= 4 is 28.5 Å². The standard InChI is InChI=1S/C33H46N6O7/c1-33(2,3)46-32(41)39-11-7-17-42-27-18-24-25(19-28(27)43-16-6-10-37(4)14-15-40)34-21-35-31(24)36-29-23(20-38(5)12-13-39)8-9-26-30(29)45-22-44-26/h8-9,18-19,21,40H,6-7,10-17,20,22H2,1-5H3,(H,34,35,36). The van der Waals surface area contributed by atoms with E-state index < -0.39 is 5.60 Å². The molecule has 5 rings (SSSR count). The van der Waals surface area contributed by atoms with Crippen LogP contribution in [0.4, 0.5) is 16.3 Å². The van der Waals surface area contributed by atoms with Gasteiger partial charge < -0.3 is 48.8 Å². The van der Waals surface area contributed by atoms with Crippen LogP contribution in [0, 0.1) is 0 Å². The van der Waals surface area contributed by atoms with Crippen LogP contribution in [0.15, 0.2) is 30.6 Å². The molecule has 13 heteroatoms. The minimum Gasteiger partial charge on any atom is -0.490 e. The molecule has 2 aliphatic rings. The molecule has 1 amide bonds. The number of ether oxygens (including phenoxy) is 5. The van der Waals surface area contributed by atoms with Crippen molar-refractivity contribution in [2.75, 3.05) is 78.7 Å². The lowest BCUT2D eigenvalue weighted by Crippen LogP contribution is -2.41. The lowest BCUT2D eigenvalue weighted by atomic mass is 10.1. The van der Waals surface area contributed by atoms with Crippen LogP contribution in [-0.4, -0.2) is 115 Å². The van der Waals surface area contributed by atoms with Gasteiger partial charge >= 0.3 is 6.09 Å². The first-order chi connectivity index (χ1) is 22.1. The van der Waals surface area contributed by atoms with Gasteiger partial charge in [0.25, 0.3) is 0 Å². The molecule has 250 valence electrons. The Labute approximate surface area is 270 Å². The highest BCUT2D eigenvalue weighted by molar-refractivity contribution is 5.94. The summed E-state index contributed by atoms with van der Waals surface area (Å²) >= 11 is 0. The van der Waals surface area contributed by atoms with Gasteiger partial charge in [-0.25, -0.2) is 14.8 Å². The average Bonchev–Trinajstić information content (AvgIpc) is 3.48. The Bertz CT molecular complexity index is 1500. The molecule has 3 heterocycles. The van der Waals surface area contributed by atoms with E-state index in [1.54, 1.807) is 4.90 Å². The fraction of sp³-hybridized carbons (Fsp3) is 0.545. The van der Waals surface area contributed by atoms with Gasteiger partial charge in [0.05, 0.1) is 31.0 Å². The van der Waals surface area contributed by atoms with E-state index in [0.29, 0.717) is 86.7 Å². The Kier molecular flexibility index (Phi) is 10.9. The Balaban J connectivity index is 1.49. The van der Waals surface area contributed by atoms with Crippen molar-refractivity contribution in [1.82, 2.24) is 24.7 Å². The van der Waals surface area contributed by atoms with Crippen LogP contribution in [0.25, 0.3) is 10.9 Å². The van der Waals surface area contributed by atoms with Crippen molar-refractivity contribution in [2.24, 2.45) is 0 Å². The third kappa shape index (κ3) is 8.59. The molecule has 0 spiro atoms. The number of nitrogens with one attached hydrogen (secondary N) is 1. The molecule has 0 atom stereocenters. The van der Waals surface area contributed by atoms with Gasteiger partial charge in [-0.1, -0.05) is 6.07 Å². The maximum absolute atomic E-state index is 13.2. The van der Waals surface area contributed by atoms with E-state index in [2.05, 4.69) is 25.1 Å². The zero-order chi connectivity index (χ0) is 32.7. The fourth-order valence-corrected chi connectivity index (χ4v) is 5.31. The van der Waals surface area contributed by atoms with Crippen molar-refractivity contribution in [3.8, 4) is 23.0 Å². The number of aliphatic hydroxyl groups is 1. The molecule has 1 aromatic heterocycles. The number of aromatic nitrogens is 2. The van der Waals surface area contributed by atoms with Gasteiger partial charge in [0.2, 0.25) is 6.79 Å². The van der Waals surface area contributed by atoms with Crippen molar-refractivity contribution < 1.29 is 33.6 Å². The summed E-state index contributed by atoms with van der Waals surface area (Å²) < 4.78 is 29.9. The van der Waals surface area contributed by atoms with Gasteiger partial charge in [-0.15, -0.1) is 0 Å². The van der Waals surface area contributed by atoms with Crippen molar-refractivity contribution in [1.29, 1.82) is 0 Å². The number of benzene rings is 2. The molecule has 0 fully saturated rings. The predicted octanol–water partition coefficient (Wildman–Crippen LogP) is 4.25. The lowest BCUT2D eigenvalue weighted by molar-refractivity contribution is 0.0227. The quantitative estimate of drug-likeness (QED) is 0.359. The summed E-state index contributed by atoms with van der Waals surface area (Å²) in [7, 11) is 3.99. The largest absolute Gasteiger partial charge is 0.490 e. The molecule has 13 nitrogen and oxygen atoms in total. The Morgan fingerprint density at radius 1 is 1.09 bits per heavy atom. The molecule has 46 heavy (non-hydrogen) atoms. The van der Waals surface area contributed by atoms with Crippen LogP contribution in [0.2, 0.25) is 0 Å². The second-order valence-electron chi connectivity index (χ2n) is 12.6. The number of fused-ring (bicyclic) bond motifs is 4. The molecule has 0 radical (unpaired) electrons. The minimum atomic E-state index is -0.605. The molecule has 0 saturated carbocycles. The fourth-order valence-electron chi connectivity index (χ4n) is 5.31. The topological polar surface area (TPSA) is 131 Å². The number of likely N-dealkylation sites (N-methyl/N-ethyl adjacent to an activating group) is 2. The predicted molar refractivity (Wildman–Crippen MR) is 174 cm³/mol. The van der Waals surface area contributed by atoms with Crippen molar-refractivity contribution in [3.63, 3.8) is 0 Å². The smallest absolute Gasteiger partial charge is 0.410 e. The summed E-state index contributed by atoms with van der Waals surface area (Å²) in [6.07, 6.45) is 2.53. The molecular formula is C33H46N6O7. The van der Waals surface area contributed by atoms with Gasteiger partial charge in [-0.05, 0) is 65.4 Å². The van der Waals surface area contributed by atoms with E-state index in [9.17, 15) is 9.90 Å². The Morgan fingerprint density at radius 3 is 2.74 bits per heavy atom. The molecule has 2 N–H and O–H groups in total. The van der Waals surface area contributed by atoms with Crippen LogP contribution >= 0.6 is 0 Å². The van der Waals surface area contributed by atoms with E-state index in [1.165, 1.54) is 6.33 Å². The van der Waals surface area contributed by atoms with Crippen LogP contribution in [0.5, 0.6) is 23.0 Å². The summed E-state index contributed by atoms with van der Waals surface area (Å²) in [6, 6.07) is 7.70. The first-order valence-electron chi connectivity index (χ1n) is 15.8. The van der Waals surface area contributed by atoms with Crippen LogP contribution in [0.3, 0.4) is 0 Å². The van der Waals surface area contributed by atoms with Crippen molar-refractivity contribution in [2.45, 2.75) is 45.8 Å². The molecule has 2 aromatic carbocycles. The number of hydrogen-bond donors (Lipinski definition) is 2. The number of carbonyl (C=O) groups excluding carboxylic acids is 1. The highest BCUT2D eigenvalue weighted by Crippen LogP contribution is 2.44. The summed E-state index contributed by atoms with van der Waals surface area (Å²) in [6.45, 7) is 10.2. The number of rotatable bonds is 7. The summed E-state index contributed by atoms with van der Waals surface area (Å²) in [5.74, 6) is 3.01. The van der Waals surface area contributed by atoms with Crippen LogP contribution in [-0.2, 0) is 11.3 Å². The normalized spacial score (nSPS) is 15.8. The molecule has 0 unspecified atom stereocenters. The number of nitrogens with zero attached hydrogens (tertiary/aromatic N) is 5. The first kappa shape index (κ1) is 33.3. The molecule has 0 saturated heterocycles. The first-order valence-corrected chi connectivity index (χ1v) is 15.8. The van der Waals surface area contributed by atoms with Gasteiger partial charge in [0.15, 0.2) is 23.0 Å².